The first kappa shape index (κ1) is 25.0. The molecule has 35 heavy (non-hydrogen) atoms. The van der Waals surface area contributed by atoms with E-state index in [2.05, 4.69) is 25.1 Å². The summed E-state index contributed by atoms with van der Waals surface area (Å²) in [5.74, 6) is 0.235. The Hall–Kier alpha value is -3.15. The molecule has 1 N–H and O–H groups in total. The number of nitrogens with zero attached hydrogens (tertiary/aromatic N) is 5. The summed E-state index contributed by atoms with van der Waals surface area (Å²) in [5.41, 5.74) is -1.36. The van der Waals surface area contributed by atoms with Crippen molar-refractivity contribution in [3.63, 3.8) is 0 Å². The molecule has 2 atom stereocenters. The van der Waals surface area contributed by atoms with Gasteiger partial charge >= 0.3 is 12.4 Å². The lowest BCUT2D eigenvalue weighted by atomic mass is 10.0. The summed E-state index contributed by atoms with van der Waals surface area (Å²) in [5, 5.41) is 6.57. The zero-order valence-corrected chi connectivity index (χ0v) is 19.0. The summed E-state index contributed by atoms with van der Waals surface area (Å²) < 4.78 is 80.4. The predicted octanol–water partition coefficient (Wildman–Crippen LogP) is 5.39. The van der Waals surface area contributed by atoms with Crippen LogP contribution in [0.25, 0.3) is 11.1 Å². The van der Waals surface area contributed by atoms with Gasteiger partial charge in [0.1, 0.15) is 0 Å². The summed E-state index contributed by atoms with van der Waals surface area (Å²) >= 11 is 0. The van der Waals surface area contributed by atoms with Crippen LogP contribution in [-0.2, 0) is 18.9 Å². The fourth-order valence-corrected chi connectivity index (χ4v) is 4.45. The van der Waals surface area contributed by atoms with E-state index in [0.29, 0.717) is 18.5 Å². The van der Waals surface area contributed by atoms with Gasteiger partial charge < -0.3 is 9.80 Å². The van der Waals surface area contributed by atoms with Crippen molar-refractivity contribution in [3.8, 4) is 11.1 Å². The van der Waals surface area contributed by atoms with Gasteiger partial charge in [-0.15, -0.1) is 0 Å². The van der Waals surface area contributed by atoms with Crippen molar-refractivity contribution in [1.29, 1.82) is 0 Å². The van der Waals surface area contributed by atoms with E-state index >= 15 is 0 Å². The van der Waals surface area contributed by atoms with Crippen molar-refractivity contribution in [2.24, 2.45) is 0 Å². The number of nitrogens with one attached hydrogen (secondary N) is 1. The maximum absolute atomic E-state index is 13.4. The molecule has 0 amide bonds. The van der Waals surface area contributed by atoms with Gasteiger partial charge in [0.25, 0.3) is 0 Å². The van der Waals surface area contributed by atoms with Gasteiger partial charge in [-0.25, -0.2) is 9.97 Å². The highest BCUT2D eigenvalue weighted by Crippen LogP contribution is 2.37. The van der Waals surface area contributed by atoms with Crippen molar-refractivity contribution >= 4 is 5.95 Å². The van der Waals surface area contributed by atoms with Crippen LogP contribution in [0.1, 0.15) is 36.5 Å². The van der Waals surface area contributed by atoms with E-state index in [4.69, 9.17) is 0 Å². The Morgan fingerprint density at radius 2 is 1.60 bits per heavy atom. The van der Waals surface area contributed by atoms with Crippen LogP contribution in [0.3, 0.4) is 0 Å². The molecule has 1 aliphatic heterocycles. The van der Waals surface area contributed by atoms with E-state index in [0.717, 1.165) is 24.1 Å². The van der Waals surface area contributed by atoms with Crippen LogP contribution < -0.4 is 4.90 Å². The van der Waals surface area contributed by atoms with Crippen molar-refractivity contribution in [2.75, 3.05) is 18.5 Å². The third kappa shape index (κ3) is 5.58. The lowest BCUT2D eigenvalue weighted by Gasteiger charge is -2.29. The fourth-order valence-electron chi connectivity index (χ4n) is 4.45. The van der Waals surface area contributed by atoms with Crippen LogP contribution in [0.4, 0.5) is 32.3 Å². The highest BCUT2D eigenvalue weighted by Gasteiger charge is 2.38. The topological polar surface area (TPSA) is 60.9 Å². The average Bonchev–Trinajstić information content (AvgIpc) is 3.46. The Morgan fingerprint density at radius 1 is 0.971 bits per heavy atom. The number of alkyl halides is 6. The molecule has 1 aromatic carbocycles. The number of aromatic amines is 1. The van der Waals surface area contributed by atoms with Crippen molar-refractivity contribution in [2.45, 2.75) is 50.7 Å². The van der Waals surface area contributed by atoms with Crippen molar-refractivity contribution < 1.29 is 26.3 Å². The van der Waals surface area contributed by atoms with Crippen LogP contribution in [0.5, 0.6) is 0 Å². The van der Waals surface area contributed by atoms with E-state index in [1.807, 2.05) is 14.0 Å². The summed E-state index contributed by atoms with van der Waals surface area (Å²) in [6.07, 6.45) is -1.90. The summed E-state index contributed by atoms with van der Waals surface area (Å²) in [6.45, 7) is 2.41. The number of hydrogen-bond donors (Lipinski definition) is 1. The number of likely N-dealkylation sites (N-methyl/N-ethyl adjacent to an activating group) is 1. The second-order valence-electron chi connectivity index (χ2n) is 8.69. The fraction of sp³-hybridized carbons (Fsp3) is 0.435. The van der Waals surface area contributed by atoms with Gasteiger partial charge in [-0.1, -0.05) is 6.92 Å². The molecule has 3 heterocycles. The molecular weight excluding hydrogens is 474 g/mol. The van der Waals surface area contributed by atoms with Gasteiger partial charge in [0.15, 0.2) is 0 Å². The van der Waals surface area contributed by atoms with Crippen LogP contribution >= 0.6 is 0 Å². The molecule has 12 heteroatoms. The van der Waals surface area contributed by atoms with Crippen molar-refractivity contribution in [1.82, 2.24) is 25.1 Å². The molecule has 1 aliphatic rings. The second-order valence-corrected chi connectivity index (χ2v) is 8.69. The van der Waals surface area contributed by atoms with Crippen LogP contribution in [-0.4, -0.2) is 50.7 Å². The Bertz CT molecular complexity index is 1090. The molecule has 1 saturated heterocycles. The molecule has 0 spiro atoms. The molecule has 0 unspecified atom stereocenters. The van der Waals surface area contributed by atoms with E-state index < -0.39 is 23.5 Å². The van der Waals surface area contributed by atoms with Gasteiger partial charge in [-0.05, 0) is 43.7 Å². The van der Waals surface area contributed by atoms with E-state index in [9.17, 15) is 26.3 Å². The Kier molecular flexibility index (Phi) is 6.76. The first-order valence-corrected chi connectivity index (χ1v) is 11.0. The molecule has 2 aromatic heterocycles. The smallest absolute Gasteiger partial charge is 0.332 e. The van der Waals surface area contributed by atoms with Crippen molar-refractivity contribution in [3.05, 3.63) is 59.7 Å². The standard InChI is InChI=1S/C23H24F6N6/c1-3-19-7-20(13-34(19)2)35(21-30-8-15(9-31-21)16-10-32-33-11-16)12-14-4-17(22(24,25)26)6-18(5-14)23(27,28)29/h4-6,8-11,19-20H,3,7,12-13H2,1-2H3,(H,32,33)/t19-,20+/m1/s1. The SMILES string of the molecule is CC[C@@H]1C[C@H](N(Cc2cc(C(F)(F)F)cc(C(F)(F)F)c2)c2ncc(-c3cn[nH]c3)cn2)CN1C. The number of H-pyrrole nitrogens is 1. The molecule has 6 nitrogen and oxygen atoms in total. The monoisotopic (exact) mass is 498 g/mol. The average molecular weight is 498 g/mol. The predicted molar refractivity (Wildman–Crippen MR) is 117 cm³/mol. The largest absolute Gasteiger partial charge is 0.416 e. The molecule has 188 valence electrons. The summed E-state index contributed by atoms with van der Waals surface area (Å²) in [4.78, 5) is 12.6. The van der Waals surface area contributed by atoms with E-state index in [1.54, 1.807) is 29.7 Å². The van der Waals surface area contributed by atoms with Gasteiger partial charge in [0, 0.05) is 54.9 Å². The third-order valence-electron chi connectivity index (χ3n) is 6.31. The minimum absolute atomic E-state index is 0.114. The molecular formula is C23H24F6N6. The van der Waals surface area contributed by atoms with Crippen LogP contribution in [0, 0.1) is 0 Å². The first-order chi connectivity index (χ1) is 16.5. The number of hydrogen-bond acceptors (Lipinski definition) is 5. The van der Waals surface area contributed by atoms with Gasteiger partial charge in [0.05, 0.1) is 17.3 Å². The number of anilines is 1. The first-order valence-electron chi connectivity index (χ1n) is 11.0. The van der Waals surface area contributed by atoms with E-state index in [-0.39, 0.29) is 36.2 Å². The minimum Gasteiger partial charge on any atom is -0.332 e. The Labute approximate surface area is 198 Å². The highest BCUT2D eigenvalue weighted by atomic mass is 19.4. The van der Waals surface area contributed by atoms with Crippen LogP contribution in [0.15, 0.2) is 43.0 Å². The maximum atomic E-state index is 13.4. The van der Waals surface area contributed by atoms with Crippen LogP contribution in [0.2, 0.25) is 0 Å². The number of rotatable bonds is 6. The Balaban J connectivity index is 1.72. The minimum atomic E-state index is -4.91. The highest BCUT2D eigenvalue weighted by molar-refractivity contribution is 5.60. The third-order valence-corrected chi connectivity index (χ3v) is 6.31. The molecule has 3 aromatic rings. The molecule has 0 radical (unpaired) electrons. The number of benzene rings is 1. The second kappa shape index (κ2) is 9.48. The van der Waals surface area contributed by atoms with Gasteiger partial charge in [0.2, 0.25) is 5.95 Å². The lowest BCUT2D eigenvalue weighted by Crippen LogP contribution is -2.38. The molecule has 0 bridgehead atoms. The lowest BCUT2D eigenvalue weighted by molar-refractivity contribution is -0.143. The molecule has 4 rings (SSSR count). The molecule has 0 aliphatic carbocycles. The Morgan fingerprint density at radius 3 is 2.09 bits per heavy atom. The number of halogens is 6. The summed E-state index contributed by atoms with van der Waals surface area (Å²) in [6, 6.07) is 1.71. The molecule has 1 fully saturated rings. The maximum Gasteiger partial charge on any atom is 0.416 e. The summed E-state index contributed by atoms with van der Waals surface area (Å²) in [7, 11) is 1.95. The normalized spacial score (nSPS) is 19.3. The van der Waals surface area contributed by atoms with E-state index in [1.165, 1.54) is 0 Å². The van der Waals surface area contributed by atoms with Gasteiger partial charge in [-0.3, -0.25) is 5.10 Å². The molecule has 0 saturated carbocycles. The quantitative estimate of drug-likeness (QED) is 0.462. The number of aromatic nitrogens is 4. The van der Waals surface area contributed by atoms with Gasteiger partial charge in [-0.2, -0.15) is 31.4 Å². The zero-order valence-electron chi connectivity index (χ0n) is 19.0. The zero-order chi connectivity index (χ0) is 25.4. The number of likely N-dealkylation sites (tertiary alicyclic amines) is 1.